The molecule has 0 aliphatic carbocycles. The van der Waals surface area contributed by atoms with Crippen LogP contribution in [-0.4, -0.2) is 29.5 Å². The van der Waals surface area contributed by atoms with Crippen molar-refractivity contribution in [2.75, 3.05) is 25.5 Å². The summed E-state index contributed by atoms with van der Waals surface area (Å²) in [5.74, 6) is 1.51. The van der Waals surface area contributed by atoms with E-state index in [-0.39, 0.29) is 0 Å². The second kappa shape index (κ2) is 4.37. The summed E-state index contributed by atoms with van der Waals surface area (Å²) in [5.41, 5.74) is 2.32. The Bertz CT molecular complexity index is 511. The number of rotatable bonds is 2. The van der Waals surface area contributed by atoms with Crippen molar-refractivity contribution >= 4 is 11.3 Å². The van der Waals surface area contributed by atoms with Gasteiger partial charge in [0.15, 0.2) is 0 Å². The molecule has 2 N–H and O–H groups in total. The molecule has 0 spiro atoms. The Morgan fingerprint density at radius 1 is 1.53 bits per heavy atom. The van der Waals surface area contributed by atoms with Gasteiger partial charge in [0.2, 0.25) is 0 Å². The largest absolute Gasteiger partial charge is 0.371 e. The molecule has 1 saturated heterocycles. The summed E-state index contributed by atoms with van der Waals surface area (Å²) in [6.07, 6.45) is 6.71. The summed E-state index contributed by atoms with van der Waals surface area (Å²) in [4.78, 5) is 4.74. The summed E-state index contributed by atoms with van der Waals surface area (Å²) in [6, 6.07) is 4.14. The highest BCUT2D eigenvalue weighted by Crippen LogP contribution is 2.24. The first kappa shape index (κ1) is 10.6. The number of fused-ring (bicyclic) bond motifs is 1. The molecule has 0 aromatic carbocycles. The van der Waals surface area contributed by atoms with Crippen molar-refractivity contribution < 1.29 is 0 Å². The van der Waals surface area contributed by atoms with E-state index in [1.54, 1.807) is 0 Å². The third-order valence-corrected chi connectivity index (χ3v) is 3.49. The molecular formula is C13H18N4. The normalized spacial score (nSPS) is 20.6. The van der Waals surface area contributed by atoms with Gasteiger partial charge in [-0.15, -0.1) is 0 Å². The lowest BCUT2D eigenvalue weighted by atomic mass is 9.96. The molecule has 1 atom stereocenters. The second-order valence-electron chi connectivity index (χ2n) is 4.61. The molecule has 0 saturated carbocycles. The molecule has 0 radical (unpaired) electrons. The third-order valence-electron chi connectivity index (χ3n) is 3.49. The van der Waals surface area contributed by atoms with Gasteiger partial charge in [-0.05, 0) is 31.5 Å². The van der Waals surface area contributed by atoms with Gasteiger partial charge in [0, 0.05) is 31.9 Å². The smallest absolute Gasteiger partial charge is 0.150 e. The van der Waals surface area contributed by atoms with E-state index in [1.807, 2.05) is 7.05 Å². The highest BCUT2D eigenvalue weighted by atomic mass is 15.0. The number of nitrogens with zero attached hydrogens (tertiary/aromatic N) is 2. The number of nitrogens with one attached hydrogen (secondary N) is 2. The number of anilines is 1. The van der Waals surface area contributed by atoms with Gasteiger partial charge in [-0.3, -0.25) is 0 Å². The summed E-state index contributed by atoms with van der Waals surface area (Å²) in [5, 5.41) is 6.63. The van der Waals surface area contributed by atoms with Gasteiger partial charge in [0.25, 0.3) is 0 Å². The van der Waals surface area contributed by atoms with Gasteiger partial charge >= 0.3 is 0 Å². The van der Waals surface area contributed by atoms with Crippen molar-refractivity contribution in [3.8, 4) is 0 Å². The molecule has 4 nitrogen and oxygen atoms in total. The fraction of sp³-hybridized carbons (Fsp3) is 0.462. The molecule has 3 rings (SSSR count). The zero-order chi connectivity index (χ0) is 11.7. The third kappa shape index (κ3) is 1.89. The average Bonchev–Trinajstić information content (AvgIpc) is 2.86. The molecular weight excluding hydrogens is 212 g/mol. The molecule has 1 unspecified atom stereocenters. The maximum Gasteiger partial charge on any atom is 0.150 e. The molecule has 90 valence electrons. The van der Waals surface area contributed by atoms with E-state index in [0.29, 0.717) is 5.92 Å². The predicted octanol–water partition coefficient (Wildman–Crippen LogP) is 1.84. The second-order valence-corrected chi connectivity index (χ2v) is 4.61. The Morgan fingerprint density at radius 2 is 2.47 bits per heavy atom. The van der Waals surface area contributed by atoms with Gasteiger partial charge in [-0.2, -0.15) is 0 Å². The lowest BCUT2D eigenvalue weighted by Crippen LogP contribution is -2.29. The van der Waals surface area contributed by atoms with E-state index < -0.39 is 0 Å². The first-order valence-corrected chi connectivity index (χ1v) is 6.24. The van der Waals surface area contributed by atoms with Crippen LogP contribution in [0.1, 0.15) is 24.5 Å². The topological polar surface area (TPSA) is 41.4 Å². The summed E-state index contributed by atoms with van der Waals surface area (Å²) < 4.78 is 2.16. The molecule has 1 fully saturated rings. The maximum absolute atomic E-state index is 4.74. The molecule has 1 aliphatic rings. The van der Waals surface area contributed by atoms with Crippen molar-refractivity contribution in [1.82, 2.24) is 14.7 Å². The molecule has 0 amide bonds. The van der Waals surface area contributed by atoms with Crippen molar-refractivity contribution in [1.29, 1.82) is 0 Å². The molecule has 2 aromatic rings. The quantitative estimate of drug-likeness (QED) is 0.827. The number of hydrogen-bond acceptors (Lipinski definition) is 3. The lowest BCUT2D eigenvalue weighted by molar-refractivity contribution is 0.454. The monoisotopic (exact) mass is 230 g/mol. The summed E-state index contributed by atoms with van der Waals surface area (Å²) >= 11 is 0. The van der Waals surface area contributed by atoms with Crippen molar-refractivity contribution in [2.45, 2.75) is 18.8 Å². The number of aromatic nitrogens is 2. The molecule has 17 heavy (non-hydrogen) atoms. The van der Waals surface area contributed by atoms with Crippen LogP contribution in [0.3, 0.4) is 0 Å². The van der Waals surface area contributed by atoms with E-state index in [4.69, 9.17) is 4.98 Å². The van der Waals surface area contributed by atoms with Crippen LogP contribution in [0.4, 0.5) is 5.82 Å². The Morgan fingerprint density at radius 3 is 3.24 bits per heavy atom. The molecule has 3 heterocycles. The predicted molar refractivity (Wildman–Crippen MR) is 69.6 cm³/mol. The standard InChI is InChI=1S/C13H18N4/c1-14-13-12-5-3-7-17(12)9-11(16-13)10-4-2-6-15-8-10/h3,5,7,9-10,15H,2,4,6,8H2,1H3,(H,14,16). The van der Waals surface area contributed by atoms with E-state index >= 15 is 0 Å². The average molecular weight is 230 g/mol. The van der Waals surface area contributed by atoms with Gasteiger partial charge in [-0.1, -0.05) is 0 Å². The lowest BCUT2D eigenvalue weighted by Gasteiger charge is -2.23. The maximum atomic E-state index is 4.74. The summed E-state index contributed by atoms with van der Waals surface area (Å²) in [6.45, 7) is 2.18. The van der Waals surface area contributed by atoms with Gasteiger partial charge in [0.05, 0.1) is 11.2 Å². The van der Waals surface area contributed by atoms with Gasteiger partial charge in [-0.25, -0.2) is 4.98 Å². The van der Waals surface area contributed by atoms with Crippen LogP contribution in [0.15, 0.2) is 24.5 Å². The van der Waals surface area contributed by atoms with Crippen LogP contribution < -0.4 is 10.6 Å². The highest BCUT2D eigenvalue weighted by molar-refractivity contribution is 5.68. The van der Waals surface area contributed by atoms with Crippen molar-refractivity contribution in [3.63, 3.8) is 0 Å². The minimum atomic E-state index is 0.544. The van der Waals surface area contributed by atoms with Crippen LogP contribution in [0.2, 0.25) is 0 Å². The molecule has 2 aromatic heterocycles. The van der Waals surface area contributed by atoms with Crippen LogP contribution in [-0.2, 0) is 0 Å². The van der Waals surface area contributed by atoms with Gasteiger partial charge < -0.3 is 15.0 Å². The van der Waals surface area contributed by atoms with Crippen LogP contribution in [0, 0.1) is 0 Å². The fourth-order valence-corrected chi connectivity index (χ4v) is 2.55. The first-order valence-electron chi connectivity index (χ1n) is 6.24. The van der Waals surface area contributed by atoms with Crippen molar-refractivity contribution in [2.24, 2.45) is 0 Å². The van der Waals surface area contributed by atoms with Crippen LogP contribution in [0.25, 0.3) is 5.52 Å². The Kier molecular flexibility index (Phi) is 2.73. The van der Waals surface area contributed by atoms with Crippen LogP contribution >= 0.6 is 0 Å². The Labute approximate surface area is 101 Å². The van der Waals surface area contributed by atoms with Crippen LogP contribution in [0.5, 0.6) is 0 Å². The first-order chi connectivity index (χ1) is 8.38. The summed E-state index contributed by atoms with van der Waals surface area (Å²) in [7, 11) is 1.93. The van der Waals surface area contributed by atoms with E-state index in [0.717, 1.165) is 24.4 Å². The highest BCUT2D eigenvalue weighted by Gasteiger charge is 2.18. The zero-order valence-corrected chi connectivity index (χ0v) is 10.1. The zero-order valence-electron chi connectivity index (χ0n) is 10.1. The van der Waals surface area contributed by atoms with E-state index in [2.05, 4.69) is 39.6 Å². The minimum absolute atomic E-state index is 0.544. The number of piperidine rings is 1. The van der Waals surface area contributed by atoms with E-state index in [9.17, 15) is 0 Å². The SMILES string of the molecule is CNc1nc(C2CCCNC2)cn2cccc12. The molecule has 0 bridgehead atoms. The van der Waals surface area contributed by atoms with Gasteiger partial charge in [0.1, 0.15) is 5.82 Å². The fourth-order valence-electron chi connectivity index (χ4n) is 2.55. The van der Waals surface area contributed by atoms with E-state index in [1.165, 1.54) is 18.5 Å². The molecule has 1 aliphatic heterocycles. The minimum Gasteiger partial charge on any atom is -0.371 e. The Hall–Kier alpha value is -1.55. The molecule has 4 heteroatoms. The number of hydrogen-bond donors (Lipinski definition) is 2. The Balaban J connectivity index is 2.03. The van der Waals surface area contributed by atoms with Crippen molar-refractivity contribution in [3.05, 3.63) is 30.2 Å².